The minimum atomic E-state index is -3.87. The van der Waals surface area contributed by atoms with Crippen molar-refractivity contribution in [1.29, 1.82) is 0 Å². The summed E-state index contributed by atoms with van der Waals surface area (Å²) < 4.78 is 24.9. The van der Waals surface area contributed by atoms with Crippen molar-refractivity contribution in [3.63, 3.8) is 0 Å². The van der Waals surface area contributed by atoms with Crippen molar-refractivity contribution < 1.29 is 32.4 Å². The molecule has 4 saturated carbocycles. The lowest BCUT2D eigenvalue weighted by Gasteiger charge is -2.58. The number of rotatable bonds is 8. The number of sulfonamides is 1. The van der Waals surface area contributed by atoms with Crippen molar-refractivity contribution in [2.45, 2.75) is 76.9 Å². The van der Waals surface area contributed by atoms with E-state index >= 15 is 4.79 Å². The van der Waals surface area contributed by atoms with Gasteiger partial charge in [-0.25, -0.2) is 8.42 Å². The fourth-order valence-corrected chi connectivity index (χ4v) is 9.70. The number of nitrogens with one attached hydrogen (secondary N) is 2. The zero-order chi connectivity index (χ0) is 33.5. The summed E-state index contributed by atoms with van der Waals surface area (Å²) in [4.78, 5) is 71.9. The first-order valence-electron chi connectivity index (χ1n) is 16.4. The van der Waals surface area contributed by atoms with Crippen LogP contribution < -0.4 is 14.9 Å². The van der Waals surface area contributed by atoms with E-state index in [0.29, 0.717) is 29.9 Å². The number of hydrogen-bond donors (Lipinski definition) is 2. The molecule has 2 atom stereocenters. The van der Waals surface area contributed by atoms with E-state index in [1.54, 1.807) is 33.9 Å². The molecule has 11 nitrogen and oxygen atoms in total. The van der Waals surface area contributed by atoms with Crippen LogP contribution in [0.3, 0.4) is 0 Å². The molecule has 12 heteroatoms. The van der Waals surface area contributed by atoms with Crippen LogP contribution in [-0.4, -0.2) is 67.6 Å². The molecule has 4 fully saturated rings. The van der Waals surface area contributed by atoms with Crippen LogP contribution in [0.25, 0.3) is 0 Å². The number of carbonyl (C=O) groups is 5. The molecule has 250 valence electrons. The summed E-state index contributed by atoms with van der Waals surface area (Å²) in [7, 11) is -3.87. The SMILES string of the molecule is CC(=O)N1[C@H](CC23CC4CC(CC(C4)C2)C3)C(=O)N(Cc2ccccc2)c2ccccc2C(=O)C[C@H]1C(=O)NCC(=O)NS(C)(=O)=O. The molecule has 1 heterocycles. The molecule has 0 aromatic heterocycles. The predicted molar refractivity (Wildman–Crippen MR) is 174 cm³/mol. The van der Waals surface area contributed by atoms with E-state index in [2.05, 4.69) is 5.32 Å². The molecule has 0 unspecified atom stereocenters. The third-order valence-corrected chi connectivity index (χ3v) is 11.1. The van der Waals surface area contributed by atoms with Gasteiger partial charge in [0.2, 0.25) is 27.7 Å². The number of nitrogens with zero attached hydrogens (tertiary/aromatic N) is 2. The van der Waals surface area contributed by atoms with Gasteiger partial charge in [-0.05, 0) is 85.8 Å². The first kappa shape index (κ1) is 32.9. The standard InChI is InChI=1S/C35H42N4O7S/c1-22(40)39-29(33(43)36-20-32(42)37-47(2,45)46)15-31(41)27-10-6-7-11-28(27)38(21-23-8-4-3-5-9-23)34(44)30(39)19-35-16-24-12-25(17-35)14-26(13-24)18-35/h3-11,24-26,29-30H,12-21H2,1-2H3,(H,36,43)(H,37,42)/t24?,25?,26?,29-,30+,35?/m0/s1. The van der Waals surface area contributed by atoms with Crippen molar-refractivity contribution in [1.82, 2.24) is 14.9 Å². The maximum atomic E-state index is 15.1. The molecular formula is C35H42N4O7S. The molecule has 0 radical (unpaired) electrons. The maximum Gasteiger partial charge on any atom is 0.252 e. The van der Waals surface area contributed by atoms with Crippen LogP contribution in [0.15, 0.2) is 54.6 Å². The Morgan fingerprint density at radius 3 is 2.09 bits per heavy atom. The van der Waals surface area contributed by atoms with Crippen LogP contribution >= 0.6 is 0 Å². The zero-order valence-corrected chi connectivity index (χ0v) is 27.6. The average molecular weight is 663 g/mol. The van der Waals surface area contributed by atoms with Crippen LogP contribution in [0.5, 0.6) is 0 Å². The summed E-state index contributed by atoms with van der Waals surface area (Å²) >= 11 is 0. The van der Waals surface area contributed by atoms with Crippen LogP contribution in [0.2, 0.25) is 0 Å². The fourth-order valence-electron chi connectivity index (χ4n) is 9.21. The number of Topliss-reactive ketones (excluding diaryl/α,β-unsaturated/α-hetero) is 1. The van der Waals surface area contributed by atoms with Gasteiger partial charge >= 0.3 is 0 Å². The van der Waals surface area contributed by atoms with Gasteiger partial charge in [-0.15, -0.1) is 0 Å². The van der Waals surface area contributed by atoms with Gasteiger partial charge in [0.15, 0.2) is 5.78 Å². The van der Waals surface area contributed by atoms with Gasteiger partial charge in [0, 0.05) is 18.9 Å². The zero-order valence-electron chi connectivity index (χ0n) is 26.8. The van der Waals surface area contributed by atoms with E-state index in [9.17, 15) is 27.6 Å². The minimum absolute atomic E-state index is 0.162. The number of carbonyl (C=O) groups excluding carboxylic acids is 5. The number of hydrogen-bond acceptors (Lipinski definition) is 7. The van der Waals surface area contributed by atoms with Crippen LogP contribution in [0.1, 0.15) is 74.2 Å². The maximum absolute atomic E-state index is 15.1. The molecule has 2 aromatic rings. The second-order valence-corrected chi connectivity index (χ2v) is 15.9. The summed E-state index contributed by atoms with van der Waals surface area (Å²) in [6.45, 7) is 0.774. The topological polar surface area (TPSA) is 150 Å². The van der Waals surface area contributed by atoms with Gasteiger partial charge in [0.1, 0.15) is 12.1 Å². The third-order valence-electron chi connectivity index (χ3n) is 10.5. The predicted octanol–water partition coefficient (Wildman–Crippen LogP) is 3.19. The lowest BCUT2D eigenvalue weighted by molar-refractivity contribution is -0.149. The number of para-hydroxylation sites is 1. The summed E-state index contributed by atoms with van der Waals surface area (Å²) in [6, 6.07) is 13.8. The highest BCUT2D eigenvalue weighted by Crippen LogP contribution is 2.62. The average Bonchev–Trinajstić information content (AvgIpc) is 3.02. The largest absolute Gasteiger partial charge is 0.345 e. The molecule has 47 heavy (non-hydrogen) atoms. The molecule has 0 saturated heterocycles. The summed E-state index contributed by atoms with van der Waals surface area (Å²) in [6.07, 6.45) is 7.24. The van der Waals surface area contributed by atoms with Crippen molar-refractivity contribution in [2.75, 3.05) is 17.7 Å². The molecule has 4 bridgehead atoms. The number of ketones is 1. The Morgan fingerprint density at radius 1 is 0.894 bits per heavy atom. The Bertz CT molecular complexity index is 1660. The van der Waals surface area contributed by atoms with E-state index in [1.165, 1.54) is 31.1 Å². The Kier molecular flexibility index (Phi) is 8.99. The van der Waals surface area contributed by atoms with Crippen molar-refractivity contribution in [3.05, 3.63) is 65.7 Å². The summed E-state index contributed by atoms with van der Waals surface area (Å²) in [5, 5.41) is 2.43. The second kappa shape index (κ2) is 12.9. The highest BCUT2D eigenvalue weighted by atomic mass is 32.2. The normalized spacial score (nSPS) is 28.6. The van der Waals surface area contributed by atoms with E-state index in [-0.39, 0.29) is 23.4 Å². The number of amides is 4. The first-order chi connectivity index (χ1) is 22.3. The second-order valence-electron chi connectivity index (χ2n) is 14.1. The van der Waals surface area contributed by atoms with Crippen LogP contribution in [-0.2, 0) is 35.7 Å². The quantitative estimate of drug-likeness (QED) is 0.441. The van der Waals surface area contributed by atoms with Crippen molar-refractivity contribution in [3.8, 4) is 0 Å². The number of anilines is 1. The molecule has 2 aromatic carbocycles. The molecular weight excluding hydrogens is 620 g/mol. The summed E-state index contributed by atoms with van der Waals surface area (Å²) in [5.74, 6) is -1.38. The molecule has 4 amide bonds. The lowest BCUT2D eigenvalue weighted by Crippen LogP contribution is -2.61. The number of benzene rings is 2. The Balaban J connectivity index is 1.43. The summed E-state index contributed by atoms with van der Waals surface area (Å²) in [5.41, 5.74) is 1.34. The number of fused-ring (bicyclic) bond motifs is 1. The van der Waals surface area contributed by atoms with Crippen molar-refractivity contribution >= 4 is 45.1 Å². The van der Waals surface area contributed by atoms with Crippen LogP contribution in [0, 0.1) is 23.2 Å². The Hall–Kier alpha value is -4.06. The first-order valence-corrected chi connectivity index (χ1v) is 18.2. The Morgan fingerprint density at radius 2 is 1.49 bits per heavy atom. The molecule has 7 rings (SSSR count). The molecule has 0 spiro atoms. The smallest absolute Gasteiger partial charge is 0.252 e. The van der Waals surface area contributed by atoms with Gasteiger partial charge < -0.3 is 15.1 Å². The fraction of sp³-hybridized carbons (Fsp3) is 0.514. The highest BCUT2D eigenvalue weighted by molar-refractivity contribution is 7.89. The van der Waals surface area contributed by atoms with Gasteiger partial charge in [0.05, 0.1) is 25.0 Å². The molecule has 4 aliphatic carbocycles. The monoisotopic (exact) mass is 662 g/mol. The van der Waals surface area contributed by atoms with Gasteiger partial charge in [-0.3, -0.25) is 28.7 Å². The third kappa shape index (κ3) is 7.12. The Labute approximate surface area is 275 Å². The van der Waals surface area contributed by atoms with Gasteiger partial charge in [0.25, 0.3) is 5.91 Å². The van der Waals surface area contributed by atoms with E-state index < -0.39 is 58.6 Å². The van der Waals surface area contributed by atoms with E-state index in [0.717, 1.165) is 31.1 Å². The van der Waals surface area contributed by atoms with Crippen LogP contribution in [0.4, 0.5) is 5.69 Å². The van der Waals surface area contributed by atoms with Crippen molar-refractivity contribution in [2.24, 2.45) is 23.2 Å². The van der Waals surface area contributed by atoms with E-state index in [1.807, 2.05) is 30.3 Å². The lowest BCUT2D eigenvalue weighted by atomic mass is 9.48. The van der Waals surface area contributed by atoms with Gasteiger partial charge in [-0.1, -0.05) is 42.5 Å². The van der Waals surface area contributed by atoms with Gasteiger partial charge in [-0.2, -0.15) is 0 Å². The molecule has 2 N–H and O–H groups in total. The molecule has 5 aliphatic rings. The highest BCUT2D eigenvalue weighted by Gasteiger charge is 2.54. The van der Waals surface area contributed by atoms with E-state index in [4.69, 9.17) is 0 Å². The molecule has 1 aliphatic heterocycles. The minimum Gasteiger partial charge on any atom is -0.345 e.